The first-order chi connectivity index (χ1) is 6.27. The molecule has 0 fully saturated rings. The fourth-order valence-corrected chi connectivity index (χ4v) is 0.587. The number of hydrogen-bond donors (Lipinski definition) is 1. The van der Waals surface area contributed by atoms with Crippen LogP contribution in [0.5, 0.6) is 0 Å². The zero-order chi connectivity index (χ0) is 11.4. The van der Waals surface area contributed by atoms with Crippen LogP contribution < -0.4 is 5.73 Å². The smallest absolute Gasteiger partial charge is 0.330 e. The van der Waals surface area contributed by atoms with Crippen molar-refractivity contribution in [1.82, 2.24) is 0 Å². The summed E-state index contributed by atoms with van der Waals surface area (Å²) < 4.78 is 52.3. The minimum absolute atomic E-state index is 0.0650. The molecule has 0 radical (unpaired) electrons. The molecule has 2 nitrogen and oxygen atoms in total. The van der Waals surface area contributed by atoms with Crippen molar-refractivity contribution in [3.8, 4) is 0 Å². The van der Waals surface area contributed by atoms with Crippen LogP contribution >= 0.6 is 0 Å². The summed E-state index contributed by atoms with van der Waals surface area (Å²) in [7, 11) is 0. The van der Waals surface area contributed by atoms with E-state index < -0.39 is 25.0 Å². The summed E-state index contributed by atoms with van der Waals surface area (Å²) in [5.41, 5.74) is 5.46. The molecule has 0 bridgehead atoms. The predicted octanol–water partition coefficient (Wildman–Crippen LogP) is 1.89. The van der Waals surface area contributed by atoms with E-state index in [9.17, 15) is 17.6 Å². The SMILES string of the molecule is CC(C)C(N)COCC(F)(F)C(F)F. The van der Waals surface area contributed by atoms with E-state index >= 15 is 0 Å². The lowest BCUT2D eigenvalue weighted by Gasteiger charge is -2.19. The Kier molecular flexibility index (Phi) is 5.36. The lowest BCUT2D eigenvalue weighted by Crippen LogP contribution is -2.37. The van der Waals surface area contributed by atoms with Crippen molar-refractivity contribution < 1.29 is 22.3 Å². The van der Waals surface area contributed by atoms with Crippen LogP contribution in [0.3, 0.4) is 0 Å². The molecule has 0 rings (SSSR count). The molecule has 14 heavy (non-hydrogen) atoms. The molecular formula is C8H15F4NO. The number of nitrogens with two attached hydrogens (primary N) is 1. The maximum absolute atomic E-state index is 12.3. The van der Waals surface area contributed by atoms with E-state index in [0.29, 0.717) is 0 Å². The van der Waals surface area contributed by atoms with Gasteiger partial charge in [-0.25, -0.2) is 8.78 Å². The first kappa shape index (κ1) is 13.6. The molecule has 1 unspecified atom stereocenters. The summed E-state index contributed by atoms with van der Waals surface area (Å²) in [6.45, 7) is 2.16. The molecule has 0 aliphatic rings. The molecule has 0 aromatic carbocycles. The topological polar surface area (TPSA) is 35.2 Å². The van der Waals surface area contributed by atoms with Crippen LogP contribution in [0.25, 0.3) is 0 Å². The second kappa shape index (κ2) is 5.50. The lowest BCUT2D eigenvalue weighted by molar-refractivity contribution is -0.167. The van der Waals surface area contributed by atoms with E-state index in [1.54, 1.807) is 13.8 Å². The van der Waals surface area contributed by atoms with E-state index in [1.165, 1.54) is 0 Å². The summed E-state index contributed by atoms with van der Waals surface area (Å²) in [5.74, 6) is -4.02. The van der Waals surface area contributed by atoms with E-state index in [4.69, 9.17) is 5.73 Å². The standard InChI is InChI=1S/C8H15F4NO/c1-5(2)6(13)3-14-4-8(11,12)7(9)10/h5-7H,3-4,13H2,1-2H3. The maximum Gasteiger partial charge on any atom is 0.330 e. The zero-order valence-corrected chi connectivity index (χ0v) is 8.14. The van der Waals surface area contributed by atoms with Gasteiger partial charge in [-0.1, -0.05) is 13.8 Å². The number of rotatable bonds is 6. The van der Waals surface area contributed by atoms with Crippen LogP contribution in [0.4, 0.5) is 17.6 Å². The number of halogens is 4. The highest BCUT2D eigenvalue weighted by atomic mass is 19.3. The van der Waals surface area contributed by atoms with Gasteiger partial charge < -0.3 is 10.5 Å². The third-order valence-electron chi connectivity index (χ3n) is 1.78. The Labute approximate surface area is 80.4 Å². The fraction of sp³-hybridized carbons (Fsp3) is 1.00. The van der Waals surface area contributed by atoms with Gasteiger partial charge in [-0.3, -0.25) is 0 Å². The molecule has 0 spiro atoms. The Morgan fingerprint density at radius 2 is 1.79 bits per heavy atom. The summed E-state index contributed by atoms with van der Waals surface area (Å²) in [6, 6.07) is -0.413. The molecule has 86 valence electrons. The number of ether oxygens (including phenoxy) is 1. The van der Waals surface area contributed by atoms with Gasteiger partial charge in [-0.15, -0.1) is 0 Å². The number of alkyl halides is 4. The van der Waals surface area contributed by atoms with Gasteiger partial charge in [0, 0.05) is 6.04 Å². The molecule has 0 aromatic rings. The molecule has 0 aliphatic carbocycles. The molecule has 0 saturated heterocycles. The van der Waals surface area contributed by atoms with Crippen molar-refractivity contribution in [3.63, 3.8) is 0 Å². The van der Waals surface area contributed by atoms with Crippen LogP contribution in [-0.4, -0.2) is 31.6 Å². The van der Waals surface area contributed by atoms with Crippen molar-refractivity contribution in [2.75, 3.05) is 13.2 Å². The van der Waals surface area contributed by atoms with Crippen LogP contribution in [0.1, 0.15) is 13.8 Å². The second-order valence-electron chi connectivity index (χ2n) is 3.48. The molecule has 1 atom stereocenters. The first-order valence-electron chi connectivity index (χ1n) is 4.26. The Balaban J connectivity index is 3.74. The average Bonchev–Trinajstić information content (AvgIpc) is 2.03. The molecule has 0 saturated carbocycles. The molecule has 0 amide bonds. The number of hydrogen-bond acceptors (Lipinski definition) is 2. The first-order valence-corrected chi connectivity index (χ1v) is 4.26. The van der Waals surface area contributed by atoms with Crippen LogP contribution in [0.2, 0.25) is 0 Å². The van der Waals surface area contributed by atoms with Gasteiger partial charge in [0.1, 0.15) is 6.61 Å². The molecule has 0 aliphatic heterocycles. The minimum Gasteiger partial charge on any atom is -0.373 e. The second-order valence-corrected chi connectivity index (χ2v) is 3.48. The maximum atomic E-state index is 12.3. The van der Waals surface area contributed by atoms with Crippen molar-refractivity contribution in [2.45, 2.75) is 32.2 Å². The Morgan fingerprint density at radius 3 is 2.14 bits per heavy atom. The Bertz CT molecular complexity index is 163. The van der Waals surface area contributed by atoms with E-state index in [1.807, 2.05) is 0 Å². The van der Waals surface area contributed by atoms with Gasteiger partial charge in [-0.05, 0) is 5.92 Å². The zero-order valence-electron chi connectivity index (χ0n) is 8.14. The molecule has 0 aromatic heterocycles. The summed E-state index contributed by atoms with van der Waals surface area (Å²) in [5, 5.41) is 0. The fourth-order valence-electron chi connectivity index (χ4n) is 0.587. The lowest BCUT2D eigenvalue weighted by atomic mass is 10.1. The Morgan fingerprint density at radius 1 is 1.29 bits per heavy atom. The van der Waals surface area contributed by atoms with Gasteiger partial charge >= 0.3 is 12.3 Å². The monoisotopic (exact) mass is 217 g/mol. The molecule has 6 heteroatoms. The van der Waals surface area contributed by atoms with E-state index in [2.05, 4.69) is 4.74 Å². The largest absolute Gasteiger partial charge is 0.373 e. The predicted molar refractivity (Wildman–Crippen MR) is 44.6 cm³/mol. The summed E-state index contributed by atoms with van der Waals surface area (Å²) in [4.78, 5) is 0. The summed E-state index contributed by atoms with van der Waals surface area (Å²) >= 11 is 0. The normalized spacial score (nSPS) is 15.2. The third-order valence-corrected chi connectivity index (χ3v) is 1.78. The van der Waals surface area contributed by atoms with Gasteiger partial charge in [0.25, 0.3) is 0 Å². The highest BCUT2D eigenvalue weighted by Gasteiger charge is 2.41. The molecular weight excluding hydrogens is 202 g/mol. The highest BCUT2D eigenvalue weighted by molar-refractivity contribution is 4.69. The van der Waals surface area contributed by atoms with Crippen LogP contribution in [0.15, 0.2) is 0 Å². The van der Waals surface area contributed by atoms with Gasteiger partial charge in [-0.2, -0.15) is 8.78 Å². The molecule has 0 heterocycles. The van der Waals surface area contributed by atoms with Gasteiger partial charge in [0.2, 0.25) is 0 Å². The molecule has 2 N–H and O–H groups in total. The van der Waals surface area contributed by atoms with Crippen LogP contribution in [0, 0.1) is 5.92 Å². The minimum atomic E-state index is -4.09. The van der Waals surface area contributed by atoms with E-state index in [0.717, 1.165) is 0 Å². The van der Waals surface area contributed by atoms with Crippen molar-refractivity contribution in [2.24, 2.45) is 11.7 Å². The highest BCUT2D eigenvalue weighted by Crippen LogP contribution is 2.22. The van der Waals surface area contributed by atoms with Crippen molar-refractivity contribution in [3.05, 3.63) is 0 Å². The van der Waals surface area contributed by atoms with Gasteiger partial charge in [0.05, 0.1) is 6.61 Å². The van der Waals surface area contributed by atoms with E-state index in [-0.39, 0.29) is 12.5 Å². The quantitative estimate of drug-likeness (QED) is 0.689. The van der Waals surface area contributed by atoms with Gasteiger partial charge in [0.15, 0.2) is 0 Å². The van der Waals surface area contributed by atoms with Crippen molar-refractivity contribution in [1.29, 1.82) is 0 Å². The average molecular weight is 217 g/mol. The van der Waals surface area contributed by atoms with Crippen molar-refractivity contribution >= 4 is 0 Å². The van der Waals surface area contributed by atoms with Crippen LogP contribution in [-0.2, 0) is 4.74 Å². The third kappa shape index (κ3) is 4.76. The Hall–Kier alpha value is -0.360. The summed E-state index contributed by atoms with van der Waals surface area (Å²) in [6.07, 6.45) is -3.70.